The maximum atomic E-state index is 13.2. The highest BCUT2D eigenvalue weighted by molar-refractivity contribution is 5.61. The Bertz CT molecular complexity index is 596. The standard InChI is InChI=1S/C8H7FN6O2/c9-5-1-4(2-6(3-5)15(16)17)7-12-13-8(10)14(7)11/h1-3H,11H2,(H2,10,13). The van der Waals surface area contributed by atoms with E-state index < -0.39 is 16.4 Å². The number of nitro groups is 1. The average molecular weight is 238 g/mol. The predicted octanol–water partition coefficient (Wildman–Crippen LogP) is 0.288. The minimum Gasteiger partial charge on any atom is -0.366 e. The van der Waals surface area contributed by atoms with Crippen molar-refractivity contribution in [3.8, 4) is 11.4 Å². The van der Waals surface area contributed by atoms with Crippen LogP contribution < -0.4 is 11.6 Å². The summed E-state index contributed by atoms with van der Waals surface area (Å²) in [5.41, 5.74) is 5.08. The van der Waals surface area contributed by atoms with Crippen molar-refractivity contribution in [3.63, 3.8) is 0 Å². The van der Waals surface area contributed by atoms with Crippen LogP contribution >= 0.6 is 0 Å². The summed E-state index contributed by atoms with van der Waals surface area (Å²) in [4.78, 5) is 9.85. The van der Waals surface area contributed by atoms with Gasteiger partial charge in [0.15, 0.2) is 5.82 Å². The van der Waals surface area contributed by atoms with E-state index in [0.717, 1.165) is 22.9 Å². The third kappa shape index (κ3) is 1.85. The number of nitrogens with two attached hydrogens (primary N) is 2. The topological polar surface area (TPSA) is 126 Å². The number of anilines is 1. The number of nitrogens with zero attached hydrogens (tertiary/aromatic N) is 4. The van der Waals surface area contributed by atoms with Gasteiger partial charge in [0.05, 0.1) is 11.0 Å². The molecule has 0 aliphatic heterocycles. The van der Waals surface area contributed by atoms with E-state index in [1.807, 2.05) is 0 Å². The summed E-state index contributed by atoms with van der Waals surface area (Å²) < 4.78 is 14.1. The van der Waals surface area contributed by atoms with Gasteiger partial charge in [0, 0.05) is 11.6 Å². The number of benzene rings is 1. The first-order chi connectivity index (χ1) is 7.99. The number of hydrogen-bond donors (Lipinski definition) is 2. The summed E-state index contributed by atoms with van der Waals surface area (Å²) in [7, 11) is 0. The van der Waals surface area contributed by atoms with Crippen LogP contribution in [0.2, 0.25) is 0 Å². The smallest absolute Gasteiger partial charge is 0.273 e. The molecule has 0 amide bonds. The molecule has 9 heteroatoms. The summed E-state index contributed by atoms with van der Waals surface area (Å²) in [6.45, 7) is 0. The van der Waals surface area contributed by atoms with Crippen LogP contribution in [-0.2, 0) is 0 Å². The van der Waals surface area contributed by atoms with Crippen molar-refractivity contribution >= 4 is 11.6 Å². The van der Waals surface area contributed by atoms with Crippen LogP contribution in [0.15, 0.2) is 18.2 Å². The second kappa shape index (κ2) is 3.70. The zero-order chi connectivity index (χ0) is 12.6. The molecule has 1 aromatic carbocycles. The zero-order valence-electron chi connectivity index (χ0n) is 8.37. The van der Waals surface area contributed by atoms with Gasteiger partial charge < -0.3 is 11.6 Å². The molecule has 0 aliphatic carbocycles. The number of hydrogen-bond acceptors (Lipinski definition) is 6. The van der Waals surface area contributed by atoms with Gasteiger partial charge in [-0.05, 0) is 6.07 Å². The van der Waals surface area contributed by atoms with E-state index in [1.54, 1.807) is 0 Å². The van der Waals surface area contributed by atoms with Crippen molar-refractivity contribution in [2.45, 2.75) is 0 Å². The number of nitrogen functional groups attached to an aromatic ring is 2. The Kier molecular flexibility index (Phi) is 2.35. The lowest BCUT2D eigenvalue weighted by molar-refractivity contribution is -0.385. The quantitative estimate of drug-likeness (QED) is 0.439. The molecule has 0 spiro atoms. The van der Waals surface area contributed by atoms with Crippen LogP contribution in [0.4, 0.5) is 16.0 Å². The molecule has 2 aromatic rings. The lowest BCUT2D eigenvalue weighted by Gasteiger charge is -2.01. The van der Waals surface area contributed by atoms with Gasteiger partial charge in [-0.25, -0.2) is 9.07 Å². The van der Waals surface area contributed by atoms with Gasteiger partial charge in [0.2, 0.25) is 5.95 Å². The van der Waals surface area contributed by atoms with E-state index in [2.05, 4.69) is 10.2 Å². The summed E-state index contributed by atoms with van der Waals surface area (Å²) in [5.74, 6) is 4.69. The van der Waals surface area contributed by atoms with Crippen LogP contribution in [0.1, 0.15) is 0 Å². The molecular weight excluding hydrogens is 231 g/mol. The summed E-state index contributed by atoms with van der Waals surface area (Å²) in [5, 5.41) is 17.6. The van der Waals surface area contributed by atoms with Gasteiger partial charge in [-0.2, -0.15) is 0 Å². The van der Waals surface area contributed by atoms with Crippen LogP contribution in [0.3, 0.4) is 0 Å². The normalized spacial score (nSPS) is 10.4. The highest BCUT2D eigenvalue weighted by Gasteiger charge is 2.15. The largest absolute Gasteiger partial charge is 0.366 e. The van der Waals surface area contributed by atoms with Crippen molar-refractivity contribution in [1.29, 1.82) is 0 Å². The van der Waals surface area contributed by atoms with E-state index >= 15 is 0 Å². The SMILES string of the molecule is Nc1nnc(-c2cc(F)cc([N+](=O)[O-])c2)n1N. The Labute approximate surface area is 93.8 Å². The minimum atomic E-state index is -0.768. The van der Waals surface area contributed by atoms with Crippen LogP contribution in [0.5, 0.6) is 0 Å². The molecule has 0 fully saturated rings. The van der Waals surface area contributed by atoms with Gasteiger partial charge in [0.25, 0.3) is 5.69 Å². The monoisotopic (exact) mass is 238 g/mol. The van der Waals surface area contributed by atoms with Crippen molar-refractivity contribution in [1.82, 2.24) is 14.9 Å². The molecule has 88 valence electrons. The van der Waals surface area contributed by atoms with Gasteiger partial charge in [-0.15, -0.1) is 10.2 Å². The Morgan fingerprint density at radius 1 is 1.35 bits per heavy atom. The third-order valence-corrected chi connectivity index (χ3v) is 2.07. The second-order valence-electron chi connectivity index (χ2n) is 3.21. The number of aromatic nitrogens is 3. The molecule has 1 aromatic heterocycles. The fourth-order valence-corrected chi connectivity index (χ4v) is 1.31. The molecule has 2 rings (SSSR count). The Hall–Kier alpha value is -2.71. The first-order valence-electron chi connectivity index (χ1n) is 4.40. The molecule has 0 saturated carbocycles. The fraction of sp³-hybridized carbons (Fsp3) is 0. The van der Waals surface area contributed by atoms with E-state index in [9.17, 15) is 14.5 Å². The molecule has 0 aliphatic rings. The van der Waals surface area contributed by atoms with E-state index in [-0.39, 0.29) is 17.3 Å². The molecule has 0 saturated heterocycles. The number of halogens is 1. The van der Waals surface area contributed by atoms with Gasteiger partial charge in [-0.3, -0.25) is 10.1 Å². The van der Waals surface area contributed by atoms with Gasteiger partial charge >= 0.3 is 0 Å². The van der Waals surface area contributed by atoms with Gasteiger partial charge in [-0.1, -0.05) is 0 Å². The van der Waals surface area contributed by atoms with Crippen molar-refractivity contribution in [2.75, 3.05) is 11.6 Å². The zero-order valence-corrected chi connectivity index (χ0v) is 8.37. The van der Waals surface area contributed by atoms with Crippen LogP contribution in [0.25, 0.3) is 11.4 Å². The Balaban J connectivity index is 2.60. The van der Waals surface area contributed by atoms with Crippen molar-refractivity contribution in [2.24, 2.45) is 0 Å². The molecule has 17 heavy (non-hydrogen) atoms. The predicted molar refractivity (Wildman–Crippen MR) is 56.6 cm³/mol. The first-order valence-corrected chi connectivity index (χ1v) is 4.40. The van der Waals surface area contributed by atoms with E-state index in [0.29, 0.717) is 0 Å². The lowest BCUT2D eigenvalue weighted by atomic mass is 10.2. The molecule has 0 bridgehead atoms. The number of non-ortho nitro benzene ring substituents is 1. The second-order valence-corrected chi connectivity index (χ2v) is 3.21. The highest BCUT2D eigenvalue weighted by atomic mass is 19.1. The minimum absolute atomic E-state index is 0.0464. The fourth-order valence-electron chi connectivity index (χ4n) is 1.31. The molecule has 0 unspecified atom stereocenters. The molecule has 0 atom stereocenters. The molecule has 0 radical (unpaired) electrons. The van der Waals surface area contributed by atoms with Crippen molar-refractivity contribution in [3.05, 3.63) is 34.1 Å². The molecule has 4 N–H and O–H groups in total. The number of rotatable bonds is 2. The maximum Gasteiger partial charge on any atom is 0.273 e. The highest BCUT2D eigenvalue weighted by Crippen LogP contribution is 2.24. The summed E-state index contributed by atoms with van der Waals surface area (Å²) >= 11 is 0. The third-order valence-electron chi connectivity index (χ3n) is 2.07. The van der Waals surface area contributed by atoms with Crippen LogP contribution in [-0.4, -0.2) is 19.8 Å². The Morgan fingerprint density at radius 2 is 2.06 bits per heavy atom. The van der Waals surface area contributed by atoms with Crippen molar-refractivity contribution < 1.29 is 9.31 Å². The van der Waals surface area contributed by atoms with Gasteiger partial charge in [0.1, 0.15) is 5.82 Å². The first kappa shape index (κ1) is 10.8. The summed E-state index contributed by atoms with van der Waals surface area (Å²) in [6.07, 6.45) is 0. The number of nitro benzene ring substituents is 1. The van der Waals surface area contributed by atoms with Crippen LogP contribution in [0, 0.1) is 15.9 Å². The maximum absolute atomic E-state index is 13.2. The van der Waals surface area contributed by atoms with E-state index in [4.69, 9.17) is 11.6 Å². The summed E-state index contributed by atoms with van der Waals surface area (Å²) in [6, 6.07) is 2.99. The molecule has 1 heterocycles. The molecule has 8 nitrogen and oxygen atoms in total. The average Bonchev–Trinajstić information content (AvgIpc) is 2.59. The lowest BCUT2D eigenvalue weighted by Crippen LogP contribution is -2.13. The van der Waals surface area contributed by atoms with E-state index in [1.165, 1.54) is 0 Å². The molecular formula is C8H7FN6O2. The Morgan fingerprint density at radius 3 is 2.59 bits per heavy atom.